The van der Waals surface area contributed by atoms with E-state index in [1.807, 2.05) is 6.92 Å². The maximum Gasteiger partial charge on any atom is 0.125 e. The molecule has 0 saturated heterocycles. The van der Waals surface area contributed by atoms with Gasteiger partial charge in [-0.05, 0) is 42.9 Å². The molecular weight excluding hydrogens is 286 g/mol. The quantitative estimate of drug-likeness (QED) is 0.760. The molecule has 0 aliphatic heterocycles. The highest BCUT2D eigenvalue weighted by Crippen LogP contribution is 2.30. The second-order valence-corrected chi connectivity index (χ2v) is 5.40. The molecule has 0 fully saturated rings. The molecule has 1 unspecified atom stereocenters. The van der Waals surface area contributed by atoms with E-state index in [0.717, 1.165) is 17.3 Å². The zero-order valence-electron chi connectivity index (χ0n) is 12.3. The number of likely N-dealkylation sites (N-methyl/N-ethyl adjacent to an activating group) is 1. The lowest BCUT2D eigenvalue weighted by atomic mass is 10.1. The third kappa shape index (κ3) is 2.69. The Bertz CT molecular complexity index is 754. The smallest absolute Gasteiger partial charge is 0.125 e. The number of hydrogen-bond acceptors (Lipinski definition) is 2. The summed E-state index contributed by atoms with van der Waals surface area (Å²) >= 11 is 0. The molecule has 2 aromatic carbocycles. The normalized spacial score (nSPS) is 13.1. The van der Waals surface area contributed by atoms with Crippen molar-refractivity contribution >= 4 is 21.8 Å². The van der Waals surface area contributed by atoms with Crippen LogP contribution in [0, 0.1) is 11.6 Å². The molecule has 2 N–H and O–H groups in total. The molecule has 0 radical (unpaired) electrons. The maximum atomic E-state index is 13.6. The summed E-state index contributed by atoms with van der Waals surface area (Å²) in [6.07, 6.45) is -0.634. The van der Waals surface area contributed by atoms with Crippen molar-refractivity contribution in [2.45, 2.75) is 19.6 Å². The van der Waals surface area contributed by atoms with Crippen LogP contribution in [0.2, 0.25) is 0 Å². The monoisotopic (exact) mass is 304 g/mol. The van der Waals surface area contributed by atoms with Gasteiger partial charge in [-0.1, -0.05) is 6.92 Å². The molecule has 0 bridgehead atoms. The second-order valence-electron chi connectivity index (χ2n) is 5.40. The Balaban J connectivity index is 2.15. The van der Waals surface area contributed by atoms with Gasteiger partial charge in [0.05, 0.1) is 23.7 Å². The van der Waals surface area contributed by atoms with E-state index in [2.05, 4.69) is 5.32 Å². The predicted molar refractivity (Wildman–Crippen MR) is 83.9 cm³/mol. The fourth-order valence-electron chi connectivity index (χ4n) is 2.82. The number of aromatic nitrogens is 1. The molecular formula is C17H18F2N2O. The van der Waals surface area contributed by atoms with Crippen LogP contribution < -0.4 is 5.32 Å². The van der Waals surface area contributed by atoms with E-state index in [0.29, 0.717) is 17.6 Å². The first kappa shape index (κ1) is 14.9. The van der Waals surface area contributed by atoms with Crippen LogP contribution in [-0.2, 0) is 6.54 Å². The number of benzene rings is 2. The number of fused-ring (bicyclic) bond motifs is 3. The third-order valence-corrected chi connectivity index (χ3v) is 3.81. The van der Waals surface area contributed by atoms with Gasteiger partial charge in [-0.15, -0.1) is 0 Å². The molecule has 1 aromatic heterocycles. The molecule has 3 nitrogen and oxygen atoms in total. The van der Waals surface area contributed by atoms with Gasteiger partial charge in [0.2, 0.25) is 0 Å². The van der Waals surface area contributed by atoms with E-state index < -0.39 is 6.10 Å². The molecule has 0 saturated carbocycles. The van der Waals surface area contributed by atoms with Gasteiger partial charge >= 0.3 is 0 Å². The highest BCUT2D eigenvalue weighted by molar-refractivity contribution is 6.08. The van der Waals surface area contributed by atoms with Crippen LogP contribution >= 0.6 is 0 Å². The summed E-state index contributed by atoms with van der Waals surface area (Å²) in [5.74, 6) is -0.698. The zero-order chi connectivity index (χ0) is 15.7. The lowest BCUT2D eigenvalue weighted by Gasteiger charge is -2.14. The molecule has 1 heterocycles. The van der Waals surface area contributed by atoms with E-state index >= 15 is 0 Å². The minimum absolute atomic E-state index is 0.278. The lowest BCUT2D eigenvalue weighted by Crippen LogP contribution is -2.30. The Hall–Kier alpha value is -1.98. The summed E-state index contributed by atoms with van der Waals surface area (Å²) in [7, 11) is 0. The Morgan fingerprint density at radius 3 is 2.09 bits per heavy atom. The van der Waals surface area contributed by atoms with Crippen LogP contribution in [0.15, 0.2) is 36.4 Å². The largest absolute Gasteiger partial charge is 0.390 e. The summed E-state index contributed by atoms with van der Waals surface area (Å²) in [6.45, 7) is 3.42. The van der Waals surface area contributed by atoms with Crippen LogP contribution in [0.25, 0.3) is 21.8 Å². The van der Waals surface area contributed by atoms with Gasteiger partial charge in [0.1, 0.15) is 11.6 Å². The van der Waals surface area contributed by atoms with E-state index in [4.69, 9.17) is 0 Å². The number of nitrogens with zero attached hydrogens (tertiary/aromatic N) is 1. The predicted octanol–water partition coefficient (Wildman–Crippen LogP) is 3.04. The molecule has 116 valence electrons. The van der Waals surface area contributed by atoms with E-state index in [-0.39, 0.29) is 18.2 Å². The Morgan fingerprint density at radius 1 is 1.05 bits per heavy atom. The average molecular weight is 304 g/mol. The van der Waals surface area contributed by atoms with Crippen molar-refractivity contribution in [3.8, 4) is 0 Å². The Labute approximate surface area is 127 Å². The van der Waals surface area contributed by atoms with Crippen LogP contribution in [-0.4, -0.2) is 28.9 Å². The number of rotatable bonds is 5. The van der Waals surface area contributed by atoms with Gasteiger partial charge in [-0.3, -0.25) is 0 Å². The molecule has 5 heteroatoms. The minimum atomic E-state index is -0.634. The third-order valence-electron chi connectivity index (χ3n) is 3.81. The van der Waals surface area contributed by atoms with Crippen LogP contribution in [0.5, 0.6) is 0 Å². The van der Waals surface area contributed by atoms with Gasteiger partial charge in [0, 0.05) is 17.3 Å². The van der Waals surface area contributed by atoms with Crippen molar-refractivity contribution in [3.63, 3.8) is 0 Å². The summed E-state index contributed by atoms with van der Waals surface area (Å²) in [6, 6.07) is 9.02. The van der Waals surface area contributed by atoms with Crippen molar-refractivity contribution in [3.05, 3.63) is 48.0 Å². The van der Waals surface area contributed by atoms with Crippen LogP contribution in [0.3, 0.4) is 0 Å². The molecule has 0 aliphatic carbocycles. The molecule has 22 heavy (non-hydrogen) atoms. The number of aliphatic hydroxyl groups excluding tert-OH is 1. The van der Waals surface area contributed by atoms with Gasteiger partial charge in [0.15, 0.2) is 0 Å². The Kier molecular flexibility index (Phi) is 4.09. The zero-order valence-corrected chi connectivity index (χ0v) is 12.3. The van der Waals surface area contributed by atoms with Gasteiger partial charge < -0.3 is 15.0 Å². The van der Waals surface area contributed by atoms with Crippen LogP contribution in [0.1, 0.15) is 6.92 Å². The number of hydrogen-bond donors (Lipinski definition) is 2. The first-order valence-corrected chi connectivity index (χ1v) is 7.36. The van der Waals surface area contributed by atoms with Gasteiger partial charge in [-0.2, -0.15) is 0 Å². The molecule has 0 aliphatic rings. The van der Waals surface area contributed by atoms with E-state index in [9.17, 15) is 13.9 Å². The van der Waals surface area contributed by atoms with Crippen molar-refractivity contribution in [2.24, 2.45) is 0 Å². The second kappa shape index (κ2) is 6.02. The van der Waals surface area contributed by atoms with Crippen molar-refractivity contribution in [1.82, 2.24) is 9.88 Å². The summed E-state index contributed by atoms with van der Waals surface area (Å²) in [5.41, 5.74) is 1.33. The molecule has 3 aromatic rings. The van der Waals surface area contributed by atoms with Gasteiger partial charge in [-0.25, -0.2) is 8.78 Å². The fraction of sp³-hybridized carbons (Fsp3) is 0.294. The highest BCUT2D eigenvalue weighted by Gasteiger charge is 2.14. The van der Waals surface area contributed by atoms with Crippen molar-refractivity contribution < 1.29 is 13.9 Å². The molecule has 3 rings (SSSR count). The van der Waals surface area contributed by atoms with Crippen molar-refractivity contribution in [2.75, 3.05) is 13.1 Å². The minimum Gasteiger partial charge on any atom is -0.390 e. The summed E-state index contributed by atoms with van der Waals surface area (Å²) in [5, 5.41) is 14.9. The summed E-state index contributed by atoms with van der Waals surface area (Å²) < 4.78 is 29.0. The fourth-order valence-corrected chi connectivity index (χ4v) is 2.82. The first-order valence-electron chi connectivity index (χ1n) is 7.36. The van der Waals surface area contributed by atoms with E-state index in [1.54, 1.807) is 16.7 Å². The highest BCUT2D eigenvalue weighted by atomic mass is 19.1. The molecule has 1 atom stereocenters. The lowest BCUT2D eigenvalue weighted by molar-refractivity contribution is 0.155. The number of aliphatic hydroxyl groups is 1. The Morgan fingerprint density at radius 2 is 1.59 bits per heavy atom. The SMILES string of the molecule is CCNCC(O)Cn1c2cc(F)ccc2c2ccc(F)cc21. The van der Waals surface area contributed by atoms with Crippen molar-refractivity contribution in [1.29, 1.82) is 0 Å². The first-order chi connectivity index (χ1) is 10.6. The summed E-state index contributed by atoms with van der Waals surface area (Å²) in [4.78, 5) is 0. The number of halogens is 2. The average Bonchev–Trinajstić information content (AvgIpc) is 2.78. The van der Waals surface area contributed by atoms with Crippen LogP contribution in [0.4, 0.5) is 8.78 Å². The van der Waals surface area contributed by atoms with E-state index in [1.165, 1.54) is 24.3 Å². The molecule has 0 amide bonds. The maximum absolute atomic E-state index is 13.6. The standard InChI is InChI=1S/C17H18F2N2O/c1-2-20-9-13(22)10-21-16-7-11(18)3-5-14(16)15-6-4-12(19)8-17(15)21/h3-8,13,20,22H,2,9-10H2,1H3. The topological polar surface area (TPSA) is 37.2 Å². The van der Waals surface area contributed by atoms with Gasteiger partial charge in [0.25, 0.3) is 0 Å². The molecule has 0 spiro atoms. The number of nitrogens with one attached hydrogen (secondary N) is 1.